The second-order valence-corrected chi connectivity index (χ2v) is 9.14. The number of furan rings is 1. The van der Waals surface area contributed by atoms with E-state index < -0.39 is 20.9 Å². The normalized spacial score (nSPS) is 13.8. The molecule has 0 N–H and O–H groups in total. The van der Waals surface area contributed by atoms with Gasteiger partial charge in [-0.25, -0.2) is 12.7 Å². The molecule has 0 atom stereocenters. The van der Waals surface area contributed by atoms with Crippen LogP contribution in [0, 0.1) is 17.0 Å². The first-order chi connectivity index (χ1) is 14.2. The van der Waals surface area contributed by atoms with Crippen molar-refractivity contribution in [2.24, 2.45) is 0 Å². The Balaban J connectivity index is 1.88. The average Bonchev–Trinajstić information content (AvgIpc) is 3.05. The number of sulfonamides is 1. The van der Waals surface area contributed by atoms with Gasteiger partial charge in [0.2, 0.25) is 5.91 Å². The van der Waals surface area contributed by atoms with Gasteiger partial charge in [-0.1, -0.05) is 6.07 Å². The zero-order chi connectivity index (χ0) is 21.6. The quantitative estimate of drug-likeness (QED) is 0.453. The fraction of sp³-hybridized carbons (Fsp3) is 0.286. The smallest absolute Gasteiger partial charge is 0.271 e. The second kappa shape index (κ2) is 7.24. The number of benzene rings is 2. The lowest BCUT2D eigenvalue weighted by molar-refractivity contribution is -0.385. The number of aryl methyl sites for hydroxylation is 3. The van der Waals surface area contributed by atoms with Crippen LogP contribution in [0.2, 0.25) is 0 Å². The van der Waals surface area contributed by atoms with Gasteiger partial charge in [0.1, 0.15) is 11.3 Å². The summed E-state index contributed by atoms with van der Waals surface area (Å²) < 4.78 is 33.4. The first-order valence-electron chi connectivity index (χ1n) is 9.55. The van der Waals surface area contributed by atoms with Crippen LogP contribution in [0.15, 0.2) is 45.7 Å². The van der Waals surface area contributed by atoms with E-state index in [1.165, 1.54) is 25.1 Å². The van der Waals surface area contributed by atoms with Gasteiger partial charge in [0.25, 0.3) is 15.7 Å². The van der Waals surface area contributed by atoms with Crippen molar-refractivity contribution in [3.63, 3.8) is 0 Å². The highest BCUT2D eigenvalue weighted by molar-refractivity contribution is 7.93. The molecule has 156 valence electrons. The van der Waals surface area contributed by atoms with Crippen LogP contribution in [-0.2, 0) is 27.7 Å². The highest BCUT2D eigenvalue weighted by Crippen LogP contribution is 2.36. The number of rotatable bonds is 4. The van der Waals surface area contributed by atoms with Crippen molar-refractivity contribution in [1.82, 2.24) is 0 Å². The van der Waals surface area contributed by atoms with E-state index in [2.05, 4.69) is 0 Å². The predicted molar refractivity (Wildman–Crippen MR) is 111 cm³/mol. The molecule has 0 bridgehead atoms. The monoisotopic (exact) mass is 428 g/mol. The maximum atomic E-state index is 13.4. The number of nitrogens with zero attached hydrogens (tertiary/aromatic N) is 2. The maximum absolute atomic E-state index is 13.4. The van der Waals surface area contributed by atoms with E-state index >= 15 is 0 Å². The van der Waals surface area contributed by atoms with Crippen LogP contribution >= 0.6 is 0 Å². The van der Waals surface area contributed by atoms with Gasteiger partial charge in [0.05, 0.1) is 15.5 Å². The summed E-state index contributed by atoms with van der Waals surface area (Å²) in [5.74, 6) is 0.192. The Bertz CT molecular complexity index is 1290. The summed E-state index contributed by atoms with van der Waals surface area (Å²) in [6.45, 7) is 2.68. The van der Waals surface area contributed by atoms with Gasteiger partial charge in [0, 0.05) is 36.4 Å². The molecule has 1 aliphatic carbocycles. The third-order valence-corrected chi connectivity index (χ3v) is 7.30. The fourth-order valence-electron chi connectivity index (χ4n) is 3.95. The summed E-state index contributed by atoms with van der Waals surface area (Å²) in [4.78, 5) is 22.6. The van der Waals surface area contributed by atoms with Crippen LogP contribution in [0.25, 0.3) is 11.0 Å². The molecule has 0 saturated carbocycles. The molecule has 2 aromatic carbocycles. The van der Waals surface area contributed by atoms with Crippen molar-refractivity contribution in [2.75, 3.05) is 4.31 Å². The number of fused-ring (bicyclic) bond motifs is 3. The van der Waals surface area contributed by atoms with Crippen LogP contribution in [0.4, 0.5) is 11.4 Å². The van der Waals surface area contributed by atoms with E-state index in [1.807, 2.05) is 0 Å². The van der Waals surface area contributed by atoms with E-state index in [9.17, 15) is 23.3 Å². The molecule has 1 aliphatic rings. The first-order valence-corrected chi connectivity index (χ1v) is 11.0. The van der Waals surface area contributed by atoms with Crippen LogP contribution in [0.1, 0.15) is 36.7 Å². The van der Waals surface area contributed by atoms with Crippen LogP contribution in [-0.4, -0.2) is 19.2 Å². The first kappa shape index (κ1) is 20.1. The Hall–Kier alpha value is -3.20. The summed E-state index contributed by atoms with van der Waals surface area (Å²) in [5, 5.41) is 11.9. The highest BCUT2D eigenvalue weighted by Gasteiger charge is 2.32. The summed E-state index contributed by atoms with van der Waals surface area (Å²) in [6, 6.07) is 8.40. The molecule has 0 unspecified atom stereocenters. The van der Waals surface area contributed by atoms with Crippen LogP contribution in [0.3, 0.4) is 0 Å². The maximum Gasteiger partial charge on any atom is 0.271 e. The fourth-order valence-corrected chi connectivity index (χ4v) is 5.62. The molecule has 8 nitrogen and oxygen atoms in total. The highest BCUT2D eigenvalue weighted by atomic mass is 32.2. The Morgan fingerprint density at radius 1 is 1.13 bits per heavy atom. The summed E-state index contributed by atoms with van der Waals surface area (Å²) >= 11 is 0. The molecule has 0 spiro atoms. The number of non-ortho nitro benzene ring substituents is 1. The molecule has 3 aromatic rings. The Labute approximate surface area is 173 Å². The van der Waals surface area contributed by atoms with E-state index in [4.69, 9.17) is 4.42 Å². The number of amides is 1. The van der Waals surface area contributed by atoms with E-state index in [0.29, 0.717) is 15.5 Å². The van der Waals surface area contributed by atoms with E-state index in [1.54, 1.807) is 12.1 Å². The summed E-state index contributed by atoms with van der Waals surface area (Å²) in [6.07, 6.45) is 3.73. The molecule has 0 radical (unpaired) electrons. The average molecular weight is 428 g/mol. The zero-order valence-electron chi connectivity index (χ0n) is 16.5. The molecule has 0 aliphatic heterocycles. The van der Waals surface area contributed by atoms with Gasteiger partial charge < -0.3 is 4.42 Å². The minimum Gasteiger partial charge on any atom is -0.461 e. The second-order valence-electron chi connectivity index (χ2n) is 7.39. The van der Waals surface area contributed by atoms with Crippen molar-refractivity contribution in [2.45, 2.75) is 44.4 Å². The van der Waals surface area contributed by atoms with Crippen molar-refractivity contribution in [3.8, 4) is 0 Å². The minimum atomic E-state index is -4.36. The van der Waals surface area contributed by atoms with Gasteiger partial charge >= 0.3 is 0 Å². The molecule has 30 heavy (non-hydrogen) atoms. The van der Waals surface area contributed by atoms with Gasteiger partial charge in [0.15, 0.2) is 0 Å². The van der Waals surface area contributed by atoms with Crippen LogP contribution < -0.4 is 4.31 Å². The van der Waals surface area contributed by atoms with Crippen molar-refractivity contribution in [3.05, 3.63) is 63.4 Å². The van der Waals surface area contributed by atoms with Gasteiger partial charge in [-0.3, -0.25) is 14.9 Å². The largest absolute Gasteiger partial charge is 0.461 e. The lowest BCUT2D eigenvalue weighted by Crippen LogP contribution is -2.35. The minimum absolute atomic E-state index is 0.176. The van der Waals surface area contributed by atoms with E-state index in [0.717, 1.165) is 55.4 Å². The molecule has 0 saturated heterocycles. The third-order valence-electron chi connectivity index (χ3n) is 5.36. The van der Waals surface area contributed by atoms with Crippen LogP contribution in [0.5, 0.6) is 0 Å². The standard InChI is InChI=1S/C21H20N2O6S/c1-13-7-8-16(23(25)26)12-21(13)30(27,28)22(14(2)24)15-9-10-20-18(11-15)17-5-3-4-6-19(17)29-20/h7-12H,3-6H2,1-2H3. The molecule has 0 fully saturated rings. The number of carbonyl (C=O) groups is 1. The van der Waals surface area contributed by atoms with E-state index in [-0.39, 0.29) is 16.3 Å². The Morgan fingerprint density at radius 2 is 1.87 bits per heavy atom. The summed E-state index contributed by atoms with van der Waals surface area (Å²) in [7, 11) is -4.36. The number of nitro groups is 1. The Morgan fingerprint density at radius 3 is 2.57 bits per heavy atom. The van der Waals surface area contributed by atoms with Gasteiger partial charge in [-0.05, 0) is 49.9 Å². The molecule has 1 heterocycles. The molecular formula is C21H20N2O6S. The van der Waals surface area contributed by atoms with Crippen molar-refractivity contribution in [1.29, 1.82) is 0 Å². The number of hydrogen-bond donors (Lipinski definition) is 0. The zero-order valence-corrected chi connectivity index (χ0v) is 17.4. The van der Waals surface area contributed by atoms with Gasteiger partial charge in [-0.15, -0.1) is 0 Å². The van der Waals surface area contributed by atoms with Crippen molar-refractivity contribution < 1.29 is 22.6 Å². The van der Waals surface area contributed by atoms with Gasteiger partial charge in [-0.2, -0.15) is 0 Å². The lowest BCUT2D eigenvalue weighted by atomic mass is 9.96. The Kier molecular flexibility index (Phi) is 4.85. The predicted octanol–water partition coefficient (Wildman–Crippen LogP) is 4.27. The number of hydrogen-bond acceptors (Lipinski definition) is 6. The molecule has 1 amide bonds. The molecule has 4 rings (SSSR count). The molecular weight excluding hydrogens is 408 g/mol. The third kappa shape index (κ3) is 3.24. The number of anilines is 1. The summed E-state index contributed by atoms with van der Waals surface area (Å²) in [5.41, 5.74) is 1.83. The lowest BCUT2D eigenvalue weighted by Gasteiger charge is -2.22. The topological polar surface area (TPSA) is 111 Å². The molecule has 9 heteroatoms. The number of nitro benzene ring substituents is 1. The SMILES string of the molecule is CC(=O)N(c1ccc2oc3c(c2c1)CCCC3)S(=O)(=O)c1cc([N+](=O)[O-])ccc1C. The number of carbonyl (C=O) groups excluding carboxylic acids is 1. The molecule has 1 aromatic heterocycles. The van der Waals surface area contributed by atoms with Crippen molar-refractivity contribution >= 4 is 38.3 Å².